The summed E-state index contributed by atoms with van der Waals surface area (Å²) in [6.07, 6.45) is 10.4. The van der Waals surface area contributed by atoms with Gasteiger partial charge in [0, 0.05) is 74.6 Å². The molecule has 1 saturated carbocycles. The Bertz CT molecular complexity index is 1490. The molecule has 1 aliphatic heterocycles. The molecule has 1 N–H and O–H groups in total. The summed E-state index contributed by atoms with van der Waals surface area (Å²) >= 11 is 0. The number of allylic oxidation sites excluding steroid dienone is 1. The Morgan fingerprint density at radius 2 is 1.73 bits per heavy atom. The number of hydrogen-bond acceptors (Lipinski definition) is 3. The van der Waals surface area contributed by atoms with Gasteiger partial charge in [-0.2, -0.15) is 0 Å². The van der Waals surface area contributed by atoms with Gasteiger partial charge in [0.2, 0.25) is 5.91 Å². The van der Waals surface area contributed by atoms with Crippen LogP contribution in [0.15, 0.2) is 73.1 Å². The van der Waals surface area contributed by atoms with Crippen molar-refractivity contribution in [2.24, 2.45) is 5.92 Å². The lowest BCUT2D eigenvalue weighted by Crippen LogP contribution is -2.48. The summed E-state index contributed by atoms with van der Waals surface area (Å²) in [5, 5.41) is 1.23. The Kier molecular flexibility index (Phi) is 5.66. The molecule has 2 fully saturated rings. The quantitative estimate of drug-likeness (QED) is 0.381. The second-order valence-electron chi connectivity index (χ2n) is 10.8. The first-order chi connectivity index (χ1) is 18.2. The molecule has 2 aromatic heterocycles. The standard InChI is InChI=1S/C32H32N4O/c37-32(17-22-1-2-22)36-15-13-35(14-16-36)21-23-3-5-24(6-4-23)27-19-29-28(8-10-31(29)34-20-27)25-7-9-30-26(18-25)11-12-33-30/h3-9,11-12,18-20,22,33H,1-2,10,13-17,21H2. The van der Waals surface area contributed by atoms with Crippen LogP contribution in [0.3, 0.4) is 0 Å². The molecule has 4 aromatic rings. The number of piperazine rings is 1. The average molecular weight is 489 g/mol. The molecule has 1 amide bonds. The number of carbonyl (C=O) groups excluding carboxylic acids is 1. The van der Waals surface area contributed by atoms with Crippen molar-refractivity contribution in [3.63, 3.8) is 0 Å². The third-order valence-electron chi connectivity index (χ3n) is 8.20. The van der Waals surface area contributed by atoms with Crippen LogP contribution >= 0.6 is 0 Å². The summed E-state index contributed by atoms with van der Waals surface area (Å²) in [5.41, 5.74) is 9.75. The van der Waals surface area contributed by atoms with Gasteiger partial charge < -0.3 is 9.88 Å². The summed E-state index contributed by atoms with van der Waals surface area (Å²) in [6.45, 7) is 4.56. The van der Waals surface area contributed by atoms with Crippen LogP contribution in [0.5, 0.6) is 0 Å². The van der Waals surface area contributed by atoms with Crippen LogP contribution in [0.2, 0.25) is 0 Å². The van der Waals surface area contributed by atoms with E-state index >= 15 is 0 Å². The number of nitrogens with one attached hydrogen (secondary N) is 1. The number of aromatic amines is 1. The predicted molar refractivity (Wildman–Crippen MR) is 148 cm³/mol. The largest absolute Gasteiger partial charge is 0.361 e. The highest BCUT2D eigenvalue weighted by Gasteiger charge is 2.28. The molecule has 0 unspecified atom stereocenters. The number of H-pyrrole nitrogens is 1. The number of carbonyl (C=O) groups is 1. The van der Waals surface area contributed by atoms with E-state index in [1.807, 2.05) is 12.4 Å². The van der Waals surface area contributed by atoms with Gasteiger partial charge >= 0.3 is 0 Å². The summed E-state index contributed by atoms with van der Waals surface area (Å²) in [5.74, 6) is 1.03. The molecule has 0 spiro atoms. The first kappa shape index (κ1) is 22.5. The number of benzene rings is 2. The van der Waals surface area contributed by atoms with Crippen molar-refractivity contribution in [2.45, 2.75) is 32.2 Å². The number of amides is 1. The van der Waals surface area contributed by atoms with Crippen molar-refractivity contribution < 1.29 is 4.79 Å². The highest BCUT2D eigenvalue weighted by molar-refractivity contribution is 5.90. The van der Waals surface area contributed by atoms with Crippen LogP contribution in [-0.4, -0.2) is 51.9 Å². The van der Waals surface area contributed by atoms with E-state index in [-0.39, 0.29) is 0 Å². The van der Waals surface area contributed by atoms with Gasteiger partial charge in [0.25, 0.3) is 0 Å². The molecular weight excluding hydrogens is 456 g/mol. The maximum Gasteiger partial charge on any atom is 0.222 e. The second kappa shape index (κ2) is 9.31. The van der Waals surface area contributed by atoms with Gasteiger partial charge in [-0.15, -0.1) is 0 Å². The molecular formula is C32H32N4O. The van der Waals surface area contributed by atoms with E-state index in [0.717, 1.165) is 56.8 Å². The number of fused-ring (bicyclic) bond motifs is 2. The summed E-state index contributed by atoms with van der Waals surface area (Å²) < 4.78 is 0. The molecule has 3 aliphatic rings. The Labute approximate surface area is 217 Å². The second-order valence-corrected chi connectivity index (χ2v) is 10.8. The minimum Gasteiger partial charge on any atom is -0.361 e. The number of pyridine rings is 1. The number of aromatic nitrogens is 2. The summed E-state index contributed by atoms with van der Waals surface area (Å²) in [4.78, 5) is 25.0. The molecule has 0 radical (unpaired) electrons. The van der Waals surface area contributed by atoms with Gasteiger partial charge in [-0.1, -0.05) is 36.4 Å². The number of hydrogen-bond donors (Lipinski definition) is 1. The molecule has 7 rings (SSSR count). The van der Waals surface area contributed by atoms with Gasteiger partial charge in [-0.25, -0.2) is 0 Å². The molecule has 1 saturated heterocycles. The third-order valence-corrected chi connectivity index (χ3v) is 8.20. The predicted octanol–water partition coefficient (Wildman–Crippen LogP) is 5.66. The topological polar surface area (TPSA) is 52.2 Å². The lowest BCUT2D eigenvalue weighted by atomic mass is 9.97. The Morgan fingerprint density at radius 1 is 0.919 bits per heavy atom. The van der Waals surface area contributed by atoms with Crippen molar-refractivity contribution >= 4 is 22.4 Å². The minimum atomic E-state index is 0.359. The highest BCUT2D eigenvalue weighted by atomic mass is 16.2. The van der Waals surface area contributed by atoms with Gasteiger partial charge in [-0.05, 0) is 70.7 Å². The molecule has 5 nitrogen and oxygen atoms in total. The zero-order valence-electron chi connectivity index (χ0n) is 21.1. The van der Waals surface area contributed by atoms with Crippen molar-refractivity contribution in [1.29, 1.82) is 0 Å². The fourth-order valence-corrected chi connectivity index (χ4v) is 5.76. The van der Waals surface area contributed by atoms with Crippen LogP contribution in [0.1, 0.15) is 41.6 Å². The molecule has 5 heteroatoms. The fourth-order valence-electron chi connectivity index (χ4n) is 5.76. The van der Waals surface area contributed by atoms with Crippen LogP contribution in [0.4, 0.5) is 0 Å². The van der Waals surface area contributed by atoms with Gasteiger partial charge in [0.1, 0.15) is 0 Å². The van der Waals surface area contributed by atoms with Crippen LogP contribution < -0.4 is 0 Å². The Hall–Kier alpha value is -3.70. The van der Waals surface area contributed by atoms with Crippen molar-refractivity contribution in [1.82, 2.24) is 19.8 Å². The number of rotatable bonds is 6. The van der Waals surface area contributed by atoms with Crippen LogP contribution in [0, 0.1) is 5.92 Å². The normalized spacial score (nSPS) is 17.7. The monoisotopic (exact) mass is 488 g/mol. The van der Waals surface area contributed by atoms with Gasteiger partial charge in [-0.3, -0.25) is 14.7 Å². The van der Waals surface area contributed by atoms with Crippen LogP contribution in [-0.2, 0) is 17.8 Å². The van der Waals surface area contributed by atoms with Crippen molar-refractivity contribution in [2.75, 3.05) is 26.2 Å². The van der Waals surface area contributed by atoms with Gasteiger partial charge in [0.15, 0.2) is 0 Å². The maximum atomic E-state index is 12.4. The first-order valence-corrected chi connectivity index (χ1v) is 13.6. The Morgan fingerprint density at radius 3 is 2.54 bits per heavy atom. The lowest BCUT2D eigenvalue weighted by Gasteiger charge is -2.35. The maximum absolute atomic E-state index is 12.4. The van der Waals surface area contributed by atoms with E-state index in [2.05, 4.69) is 75.5 Å². The molecule has 3 heterocycles. The van der Waals surface area contributed by atoms with E-state index in [9.17, 15) is 4.79 Å². The van der Waals surface area contributed by atoms with E-state index in [0.29, 0.717) is 11.8 Å². The smallest absolute Gasteiger partial charge is 0.222 e. The average Bonchev–Trinajstić information content (AvgIpc) is 3.45. The lowest BCUT2D eigenvalue weighted by molar-refractivity contribution is -0.133. The van der Waals surface area contributed by atoms with Gasteiger partial charge in [0.05, 0.1) is 5.69 Å². The molecule has 2 aliphatic carbocycles. The first-order valence-electron chi connectivity index (χ1n) is 13.6. The summed E-state index contributed by atoms with van der Waals surface area (Å²) in [7, 11) is 0. The molecule has 0 bridgehead atoms. The highest BCUT2D eigenvalue weighted by Crippen LogP contribution is 2.36. The summed E-state index contributed by atoms with van der Waals surface area (Å²) in [6, 6.07) is 20.0. The zero-order chi connectivity index (χ0) is 24.8. The van der Waals surface area contributed by atoms with Crippen LogP contribution in [0.25, 0.3) is 27.6 Å². The minimum absolute atomic E-state index is 0.359. The zero-order valence-corrected chi connectivity index (χ0v) is 21.1. The van der Waals surface area contributed by atoms with Crippen molar-refractivity contribution in [3.05, 3.63) is 95.5 Å². The molecule has 2 aromatic carbocycles. The van der Waals surface area contributed by atoms with E-state index in [4.69, 9.17) is 4.98 Å². The van der Waals surface area contributed by atoms with Crippen molar-refractivity contribution in [3.8, 4) is 11.1 Å². The SMILES string of the molecule is O=C(CC1CC1)N1CCN(Cc2ccc(-c3cnc4c(c3)C(c3ccc5[nH]ccc5c3)=CC4)cc2)CC1. The number of nitrogens with zero attached hydrogens (tertiary/aromatic N) is 3. The van der Waals surface area contributed by atoms with E-state index in [1.165, 1.54) is 51.6 Å². The molecule has 0 atom stereocenters. The Balaban J connectivity index is 1.02. The third kappa shape index (κ3) is 4.60. The van der Waals surface area contributed by atoms with E-state index in [1.54, 1.807) is 0 Å². The molecule has 186 valence electrons. The molecule has 37 heavy (non-hydrogen) atoms. The van der Waals surface area contributed by atoms with E-state index < -0.39 is 0 Å². The fraction of sp³-hybridized carbons (Fsp3) is 0.312.